The Kier molecular flexibility index (Phi) is 17.6. The number of nitrogens with one attached hydrogen (secondary N) is 4. The molecule has 2 amide bonds. The van der Waals surface area contributed by atoms with Crippen molar-refractivity contribution in [3.05, 3.63) is 166 Å². The van der Waals surface area contributed by atoms with Gasteiger partial charge in [-0.1, -0.05) is 12.1 Å². The Bertz CT molecular complexity index is 3560. The Hall–Kier alpha value is -10.2. The van der Waals surface area contributed by atoms with Crippen molar-refractivity contribution in [2.45, 2.75) is 37.5 Å². The van der Waals surface area contributed by atoms with Crippen LogP contribution in [0.3, 0.4) is 0 Å². The Morgan fingerprint density at radius 2 is 0.795 bits per heavy atom. The van der Waals surface area contributed by atoms with E-state index in [1.165, 1.54) is 62.4 Å². The molecule has 0 saturated heterocycles. The van der Waals surface area contributed by atoms with Gasteiger partial charge in [-0.15, -0.1) is 20.5 Å². The van der Waals surface area contributed by atoms with E-state index in [1.807, 2.05) is 0 Å². The molecular formula is C50H44N10O16S2. The minimum Gasteiger partial charge on any atom is -0.510 e. The number of hydrogen-bond acceptors (Lipinski definition) is 16. The number of allylic oxidation sites excluding steroid dienone is 2. The zero-order valence-corrected chi connectivity index (χ0v) is 42.5. The van der Waals surface area contributed by atoms with Crippen molar-refractivity contribution < 1.29 is 75.8 Å². The normalized spacial score (nSPS) is 12.9. The van der Waals surface area contributed by atoms with E-state index in [2.05, 4.69) is 51.7 Å². The number of aliphatic hydroxyl groups excluding tert-OH is 4. The fraction of sp³-hybridized carbons (Fsp3) is 0.0800. The smallest absolute Gasteiger partial charge is 0.338 e. The van der Waals surface area contributed by atoms with Crippen LogP contribution in [0.4, 0.5) is 45.5 Å². The summed E-state index contributed by atoms with van der Waals surface area (Å²) in [7, 11) is -8.91. The highest BCUT2D eigenvalue weighted by molar-refractivity contribution is 7.86. The number of aromatic carboxylic acids is 2. The van der Waals surface area contributed by atoms with Crippen LogP contribution >= 0.6 is 0 Å². The van der Waals surface area contributed by atoms with Crippen molar-refractivity contribution >= 4 is 102 Å². The van der Waals surface area contributed by atoms with Crippen LogP contribution in [0.5, 0.6) is 0 Å². The van der Waals surface area contributed by atoms with E-state index in [-0.39, 0.29) is 43.9 Å². The number of carboxylic acids is 2. The number of carboxylic acid groups (broad SMARTS) is 2. The maximum absolute atomic E-state index is 13.4. The Morgan fingerprint density at radius 3 is 1.09 bits per heavy atom. The number of carbonyl (C=O) groups excluding carboxylic acids is 2. The first-order valence-corrected chi connectivity index (χ1v) is 25.0. The van der Waals surface area contributed by atoms with Gasteiger partial charge in [0, 0.05) is 22.7 Å². The van der Waals surface area contributed by atoms with E-state index in [9.17, 15) is 66.7 Å². The molecule has 0 atom stereocenters. The first kappa shape index (κ1) is 57.1. The number of carbonyl (C=O) groups is 4. The maximum Gasteiger partial charge on any atom is 0.338 e. The number of hydrogen-bond donors (Lipinski definition) is 12. The Balaban J connectivity index is 1.10. The molecule has 0 saturated carbocycles. The number of amidine groups is 2. The molecule has 0 bridgehead atoms. The summed E-state index contributed by atoms with van der Waals surface area (Å²) in [5, 5.41) is 86.9. The molecule has 6 aromatic rings. The maximum atomic E-state index is 13.4. The predicted molar refractivity (Wildman–Crippen MR) is 284 cm³/mol. The number of aliphatic hydroxyl groups is 4. The zero-order valence-electron chi connectivity index (χ0n) is 40.9. The van der Waals surface area contributed by atoms with Gasteiger partial charge in [0.15, 0.2) is 11.4 Å². The lowest BCUT2D eigenvalue weighted by Crippen LogP contribution is -2.15. The highest BCUT2D eigenvalue weighted by Crippen LogP contribution is 2.32. The summed E-state index contributed by atoms with van der Waals surface area (Å²) >= 11 is 0. The minimum atomic E-state index is -4.45. The molecule has 0 unspecified atom stereocenters. The van der Waals surface area contributed by atoms with Crippen molar-refractivity contribution in [1.82, 2.24) is 0 Å². The summed E-state index contributed by atoms with van der Waals surface area (Å²) in [5.74, 6) is -5.87. The van der Waals surface area contributed by atoms with Crippen molar-refractivity contribution in [3.63, 3.8) is 0 Å². The molecule has 0 radical (unpaired) electrons. The highest BCUT2D eigenvalue weighted by atomic mass is 32.2. The molecule has 0 aliphatic rings. The quantitative estimate of drug-likeness (QED) is 0.0101. The molecule has 6 rings (SSSR count). The van der Waals surface area contributed by atoms with E-state index < -0.39 is 90.1 Å². The molecule has 28 heteroatoms. The number of nitrogens with zero attached hydrogens (tertiary/aromatic N) is 6. The van der Waals surface area contributed by atoms with Crippen molar-refractivity contribution in [1.29, 1.82) is 0 Å². The second-order valence-electron chi connectivity index (χ2n) is 16.4. The van der Waals surface area contributed by atoms with Crippen LogP contribution in [-0.2, 0) is 29.8 Å². The van der Waals surface area contributed by atoms with Crippen LogP contribution in [0.2, 0.25) is 0 Å². The average Bonchev–Trinajstić information content (AvgIpc) is 3.36. The van der Waals surface area contributed by atoms with Crippen LogP contribution < -0.4 is 21.3 Å². The van der Waals surface area contributed by atoms with E-state index in [0.29, 0.717) is 33.6 Å². The molecule has 26 nitrogen and oxygen atoms in total. The molecule has 402 valence electrons. The summed E-state index contributed by atoms with van der Waals surface area (Å²) in [6.45, 7) is 5.72. The number of amides is 2. The molecule has 0 spiro atoms. The van der Waals surface area contributed by atoms with E-state index >= 15 is 0 Å². The van der Waals surface area contributed by atoms with E-state index in [4.69, 9.17) is 9.11 Å². The van der Waals surface area contributed by atoms with Crippen molar-refractivity contribution in [3.8, 4) is 11.1 Å². The summed E-state index contributed by atoms with van der Waals surface area (Å²) in [6.07, 6.45) is 0. The first-order chi connectivity index (χ1) is 36.7. The number of aryl methyl sites for hydroxylation is 2. The summed E-state index contributed by atoms with van der Waals surface area (Å²) in [6, 6.07) is 24.8. The number of benzene rings is 6. The summed E-state index contributed by atoms with van der Waals surface area (Å²) in [4.78, 5) is 58.2. The second kappa shape index (κ2) is 24.0. The third-order valence-electron chi connectivity index (χ3n) is 10.6. The third-order valence-corrected chi connectivity index (χ3v) is 12.4. The minimum absolute atomic E-state index is 0.0602. The summed E-state index contributed by atoms with van der Waals surface area (Å²) in [5.41, 5.74) is 0.818. The number of aliphatic imine (C=N–C) groups is 2. The Labute approximate surface area is 442 Å². The molecule has 78 heavy (non-hydrogen) atoms. The number of anilines is 4. The zero-order chi connectivity index (χ0) is 57.2. The molecule has 0 aliphatic heterocycles. The molecule has 0 aromatic heterocycles. The SMILES string of the molecule is C/C(O)=C(/N=Nc1ccc(N=C(O)Nc2ccc(S(=O)(=O)O)cc2)cc1C(=O)O)C(=O)Nc1ccc(-c2ccc(NC(=O)/C(N=Nc3ccc(N=C(O)Nc4ccc(S(=O)(=O)O)cc4)cc3C(=O)O)=C(/C)O)c(C)c2)cc1C. The van der Waals surface area contributed by atoms with E-state index in [1.54, 1.807) is 50.2 Å². The lowest BCUT2D eigenvalue weighted by atomic mass is 10.00. The second-order valence-corrected chi connectivity index (χ2v) is 19.2. The van der Waals surface area contributed by atoms with Gasteiger partial charge in [-0.3, -0.25) is 18.7 Å². The van der Waals surface area contributed by atoms with Gasteiger partial charge in [-0.2, -0.15) is 26.8 Å². The highest BCUT2D eigenvalue weighted by Gasteiger charge is 2.20. The van der Waals surface area contributed by atoms with Crippen LogP contribution in [0, 0.1) is 13.8 Å². The molecule has 0 fully saturated rings. The van der Waals surface area contributed by atoms with Crippen LogP contribution in [0.25, 0.3) is 11.1 Å². The predicted octanol–water partition coefficient (Wildman–Crippen LogP) is 10.2. The van der Waals surface area contributed by atoms with Gasteiger partial charge in [0.2, 0.25) is 0 Å². The Morgan fingerprint density at radius 1 is 0.449 bits per heavy atom. The van der Waals surface area contributed by atoms with E-state index in [0.717, 1.165) is 36.4 Å². The lowest BCUT2D eigenvalue weighted by molar-refractivity contribution is -0.113. The van der Waals surface area contributed by atoms with Gasteiger partial charge in [0.05, 0.1) is 32.3 Å². The van der Waals surface area contributed by atoms with Crippen molar-refractivity contribution in [2.24, 2.45) is 30.4 Å². The third kappa shape index (κ3) is 15.0. The van der Waals surface area contributed by atoms with Crippen LogP contribution in [-0.4, -0.2) is 92.4 Å². The largest absolute Gasteiger partial charge is 0.510 e. The van der Waals surface area contributed by atoms with Gasteiger partial charge in [0.25, 0.3) is 44.1 Å². The van der Waals surface area contributed by atoms with Crippen LogP contribution in [0.15, 0.2) is 184 Å². The van der Waals surface area contributed by atoms with Gasteiger partial charge >= 0.3 is 11.9 Å². The molecule has 6 aromatic carbocycles. The molecule has 0 heterocycles. The fourth-order valence-electron chi connectivity index (χ4n) is 6.79. The molecular weight excluding hydrogens is 1060 g/mol. The van der Waals surface area contributed by atoms with Crippen molar-refractivity contribution in [2.75, 3.05) is 21.3 Å². The molecule has 12 N–H and O–H groups in total. The summed E-state index contributed by atoms with van der Waals surface area (Å²) < 4.78 is 63.5. The van der Waals surface area contributed by atoms with Crippen LogP contribution in [0.1, 0.15) is 45.7 Å². The van der Waals surface area contributed by atoms with Gasteiger partial charge in [-0.25, -0.2) is 9.59 Å². The average molecular weight is 1110 g/mol. The first-order valence-electron chi connectivity index (χ1n) is 22.1. The van der Waals surface area contributed by atoms with Gasteiger partial charge in [0.1, 0.15) is 22.9 Å². The topological polar surface area (TPSA) is 421 Å². The number of azo groups is 2. The standard InChI is InChI=1S/C50H44N10O16S2/c1-25-21-29(5-17-39(25)55-45(63)43(27(3)61)59-57-41-19-11-33(23-37(41)47(65)66)53-49(69)51-31-7-13-35(14-8-31)77(71,72)73)30-6-18-40(26(2)22-30)56-46(64)44(28(4)62)60-58-42-20-12-34(24-38(42)48(67)68)54-50(70)52-32-9-15-36(16-10-32)78(74,75)76/h5-24,61-62H,1-4H3,(H,55,63)(H,56,64)(H,65,66)(H,67,68)(H2,51,53,69)(H2,52,54,70)(H,71,72,73)(H,74,75,76)/b43-27-,44-28+,59-57?,60-58?. The fourth-order valence-corrected chi connectivity index (χ4v) is 7.75. The van der Waals surface area contributed by atoms with Gasteiger partial charge in [-0.05, 0) is 159 Å². The van der Waals surface area contributed by atoms with Gasteiger partial charge < -0.3 is 51.9 Å². The number of rotatable bonds is 17. The lowest BCUT2D eigenvalue weighted by Gasteiger charge is -2.13. The monoisotopic (exact) mass is 1100 g/mol. The molecule has 0 aliphatic carbocycles.